The minimum atomic E-state index is -0.270. The van der Waals surface area contributed by atoms with E-state index in [1.54, 1.807) is 6.20 Å². The lowest BCUT2D eigenvalue weighted by Crippen LogP contribution is -2.12. The number of hydrogen-bond donors (Lipinski definition) is 0. The molecule has 0 spiro atoms. The number of benzene rings is 1. The summed E-state index contributed by atoms with van der Waals surface area (Å²) in [7, 11) is 0. The molecule has 2 heterocycles. The molecule has 1 unspecified atom stereocenters. The van der Waals surface area contributed by atoms with E-state index >= 15 is 0 Å². The quantitative estimate of drug-likeness (QED) is 0.681. The summed E-state index contributed by atoms with van der Waals surface area (Å²) in [5.74, 6) is -0.270. The highest BCUT2D eigenvalue weighted by atomic mass is 16.5. The van der Waals surface area contributed by atoms with E-state index < -0.39 is 0 Å². The molecule has 4 heteroatoms. The normalized spacial score (nSPS) is 12.3. The predicted octanol–water partition coefficient (Wildman–Crippen LogP) is 4.13. The number of carbonyl (C=O) groups is 1. The first-order chi connectivity index (χ1) is 11.1. The van der Waals surface area contributed by atoms with Gasteiger partial charge in [0.05, 0.1) is 23.9 Å². The zero-order valence-corrected chi connectivity index (χ0v) is 13.6. The van der Waals surface area contributed by atoms with E-state index in [2.05, 4.69) is 16.5 Å². The Balaban J connectivity index is 2.21. The molecule has 0 bridgehead atoms. The second-order valence-corrected chi connectivity index (χ2v) is 5.50. The number of rotatable bonds is 4. The number of ether oxygens (including phenoxy) is 1. The van der Waals surface area contributed by atoms with Crippen LogP contribution >= 0.6 is 0 Å². The predicted molar refractivity (Wildman–Crippen MR) is 90.7 cm³/mol. The lowest BCUT2D eigenvalue weighted by molar-refractivity contribution is 0.0527. The van der Waals surface area contributed by atoms with E-state index in [4.69, 9.17) is 4.74 Å². The summed E-state index contributed by atoms with van der Waals surface area (Å²) in [5.41, 5.74) is 3.53. The lowest BCUT2D eigenvalue weighted by atomic mass is 10.1. The third-order valence-electron chi connectivity index (χ3n) is 4.14. The second kappa shape index (κ2) is 6.24. The maximum Gasteiger partial charge on any atom is 0.340 e. The molecule has 3 rings (SSSR count). The summed E-state index contributed by atoms with van der Waals surface area (Å²) in [5, 5.41) is 0.922. The molecule has 0 radical (unpaired) electrons. The Morgan fingerprint density at radius 3 is 2.65 bits per heavy atom. The van der Waals surface area contributed by atoms with Crippen molar-refractivity contribution in [1.29, 1.82) is 0 Å². The van der Waals surface area contributed by atoms with Crippen molar-refractivity contribution in [3.8, 4) is 0 Å². The molecule has 3 aromatic rings. The van der Waals surface area contributed by atoms with Crippen LogP contribution in [0.4, 0.5) is 0 Å². The molecule has 118 valence electrons. The Morgan fingerprint density at radius 2 is 1.96 bits per heavy atom. The molecule has 0 aliphatic rings. The average Bonchev–Trinajstić information content (AvgIpc) is 2.87. The Morgan fingerprint density at radius 1 is 1.22 bits per heavy atom. The fourth-order valence-electron chi connectivity index (χ4n) is 3.11. The molecule has 23 heavy (non-hydrogen) atoms. The summed E-state index contributed by atoms with van der Waals surface area (Å²) < 4.78 is 7.40. The van der Waals surface area contributed by atoms with Gasteiger partial charge in [0, 0.05) is 22.8 Å². The third-order valence-corrected chi connectivity index (χ3v) is 4.14. The van der Waals surface area contributed by atoms with Gasteiger partial charge >= 0.3 is 5.97 Å². The van der Waals surface area contributed by atoms with E-state index in [0.29, 0.717) is 12.2 Å². The van der Waals surface area contributed by atoms with Gasteiger partial charge in [-0.3, -0.25) is 4.98 Å². The van der Waals surface area contributed by atoms with Crippen LogP contribution in [0.25, 0.3) is 10.9 Å². The van der Waals surface area contributed by atoms with Gasteiger partial charge in [0.2, 0.25) is 0 Å². The Bertz CT molecular complexity index is 837. The van der Waals surface area contributed by atoms with Gasteiger partial charge in [-0.1, -0.05) is 24.3 Å². The molecule has 4 nitrogen and oxygen atoms in total. The minimum absolute atomic E-state index is 0.0317. The smallest absolute Gasteiger partial charge is 0.340 e. The second-order valence-electron chi connectivity index (χ2n) is 5.50. The van der Waals surface area contributed by atoms with Crippen LogP contribution in [0.15, 0.2) is 48.7 Å². The van der Waals surface area contributed by atoms with Crippen molar-refractivity contribution in [1.82, 2.24) is 9.55 Å². The minimum Gasteiger partial charge on any atom is -0.462 e. The molecule has 0 fully saturated rings. The molecular weight excluding hydrogens is 288 g/mol. The van der Waals surface area contributed by atoms with Crippen molar-refractivity contribution in [2.75, 3.05) is 6.61 Å². The summed E-state index contributed by atoms with van der Waals surface area (Å²) in [6.45, 7) is 6.25. The summed E-state index contributed by atoms with van der Waals surface area (Å²) in [6, 6.07) is 13.8. The number of fused-ring (bicyclic) bond motifs is 1. The van der Waals surface area contributed by atoms with E-state index in [9.17, 15) is 4.79 Å². The highest BCUT2D eigenvalue weighted by Crippen LogP contribution is 2.31. The molecule has 1 aromatic carbocycles. The summed E-state index contributed by atoms with van der Waals surface area (Å²) >= 11 is 0. The molecule has 1 atom stereocenters. The topological polar surface area (TPSA) is 44.1 Å². The van der Waals surface area contributed by atoms with Gasteiger partial charge in [-0.2, -0.15) is 0 Å². The lowest BCUT2D eigenvalue weighted by Gasteiger charge is -2.17. The number of hydrogen-bond acceptors (Lipinski definition) is 3. The maximum atomic E-state index is 12.4. The number of pyridine rings is 1. The van der Waals surface area contributed by atoms with Gasteiger partial charge < -0.3 is 9.30 Å². The van der Waals surface area contributed by atoms with Crippen molar-refractivity contribution >= 4 is 16.9 Å². The molecule has 0 saturated heterocycles. The number of nitrogens with zero attached hydrogens (tertiary/aromatic N) is 2. The van der Waals surface area contributed by atoms with Gasteiger partial charge in [-0.05, 0) is 39.0 Å². The zero-order valence-electron chi connectivity index (χ0n) is 13.6. The monoisotopic (exact) mass is 308 g/mol. The number of esters is 1. The molecule has 0 saturated carbocycles. The fourth-order valence-corrected chi connectivity index (χ4v) is 3.11. The van der Waals surface area contributed by atoms with Crippen LogP contribution in [0.5, 0.6) is 0 Å². The number of carbonyl (C=O) groups excluding carboxylic acids is 1. The first-order valence-corrected chi connectivity index (χ1v) is 7.82. The van der Waals surface area contributed by atoms with Crippen LogP contribution in [0.3, 0.4) is 0 Å². The van der Waals surface area contributed by atoms with Crippen molar-refractivity contribution < 1.29 is 9.53 Å². The van der Waals surface area contributed by atoms with Crippen molar-refractivity contribution in [2.45, 2.75) is 26.8 Å². The molecule has 0 aliphatic heterocycles. The maximum absolute atomic E-state index is 12.4. The molecule has 2 aromatic heterocycles. The van der Waals surface area contributed by atoms with E-state index in [-0.39, 0.29) is 12.0 Å². The number of aromatic nitrogens is 2. The Hall–Kier alpha value is -2.62. The SMILES string of the molecule is CCOC(=O)c1c(C)n(C(C)c2ccccn2)c2ccccc12. The first kappa shape index (κ1) is 15.3. The van der Waals surface area contributed by atoms with E-state index in [1.165, 1.54) is 0 Å². The highest BCUT2D eigenvalue weighted by Gasteiger charge is 2.23. The van der Waals surface area contributed by atoms with Gasteiger partial charge in [-0.15, -0.1) is 0 Å². The Kier molecular flexibility index (Phi) is 4.15. The zero-order chi connectivity index (χ0) is 16.4. The highest BCUT2D eigenvalue weighted by molar-refractivity contribution is 6.06. The molecule has 0 aliphatic carbocycles. The number of para-hydroxylation sites is 1. The fraction of sp³-hybridized carbons (Fsp3) is 0.263. The Labute approximate surface area is 135 Å². The first-order valence-electron chi connectivity index (χ1n) is 7.82. The largest absolute Gasteiger partial charge is 0.462 e. The summed E-state index contributed by atoms with van der Waals surface area (Å²) in [4.78, 5) is 16.9. The van der Waals surface area contributed by atoms with Crippen LogP contribution < -0.4 is 0 Å². The van der Waals surface area contributed by atoms with Crippen LogP contribution in [-0.2, 0) is 4.74 Å². The van der Waals surface area contributed by atoms with Gasteiger partial charge in [0.15, 0.2) is 0 Å². The molecule has 0 amide bonds. The van der Waals surface area contributed by atoms with Crippen LogP contribution in [0.1, 0.15) is 41.6 Å². The van der Waals surface area contributed by atoms with E-state index in [0.717, 1.165) is 22.3 Å². The van der Waals surface area contributed by atoms with Crippen LogP contribution in [0, 0.1) is 6.92 Å². The summed E-state index contributed by atoms with van der Waals surface area (Å²) in [6.07, 6.45) is 1.79. The third kappa shape index (κ3) is 2.61. The van der Waals surface area contributed by atoms with Crippen LogP contribution in [0.2, 0.25) is 0 Å². The van der Waals surface area contributed by atoms with Gasteiger partial charge in [0.25, 0.3) is 0 Å². The molecular formula is C19H20N2O2. The van der Waals surface area contributed by atoms with Gasteiger partial charge in [0.1, 0.15) is 0 Å². The average molecular weight is 308 g/mol. The van der Waals surface area contributed by atoms with Crippen molar-refractivity contribution in [3.63, 3.8) is 0 Å². The van der Waals surface area contributed by atoms with Gasteiger partial charge in [-0.25, -0.2) is 4.79 Å². The van der Waals surface area contributed by atoms with Crippen LogP contribution in [-0.4, -0.2) is 22.1 Å². The molecule has 0 N–H and O–H groups in total. The standard InChI is InChI=1S/C19H20N2O2/c1-4-23-19(22)18-14(3)21(17-11-6-5-9-15(17)18)13(2)16-10-7-8-12-20-16/h5-13H,4H2,1-3H3. The van der Waals surface area contributed by atoms with Crippen molar-refractivity contribution in [3.05, 3.63) is 65.6 Å². The van der Waals surface area contributed by atoms with Crippen molar-refractivity contribution in [2.24, 2.45) is 0 Å². The van der Waals surface area contributed by atoms with E-state index in [1.807, 2.05) is 56.3 Å².